The highest BCUT2D eigenvalue weighted by Gasteiger charge is 1.99. The lowest BCUT2D eigenvalue weighted by Gasteiger charge is -2.05. The second-order valence-corrected chi connectivity index (χ2v) is 3.47. The average molecular weight is 199 g/mol. The van der Waals surface area contributed by atoms with Gasteiger partial charge in [0, 0.05) is 13.1 Å². The highest BCUT2D eigenvalue weighted by Crippen LogP contribution is 2.03. The van der Waals surface area contributed by atoms with Crippen LogP contribution in [0.25, 0.3) is 0 Å². The lowest BCUT2D eigenvalue weighted by atomic mass is 10.1. The molecule has 0 bridgehead atoms. The lowest BCUT2D eigenvalue weighted by Crippen LogP contribution is -2.19. The molecule has 0 heterocycles. The third kappa shape index (κ3) is 3.81. The molecule has 0 aliphatic carbocycles. The standard InChI is InChI=1S/C12H13N3/c1-10(6-13)8-15-9-12-4-2-3-11(5-12)7-14/h2-5,10,15H,8-9H2,1H3. The van der Waals surface area contributed by atoms with Crippen molar-refractivity contribution in [2.75, 3.05) is 6.54 Å². The molecule has 3 nitrogen and oxygen atoms in total. The molecule has 1 rings (SSSR count). The molecule has 76 valence electrons. The summed E-state index contributed by atoms with van der Waals surface area (Å²) in [5, 5.41) is 20.5. The highest BCUT2D eigenvalue weighted by atomic mass is 14.9. The van der Waals surface area contributed by atoms with Gasteiger partial charge in [-0.15, -0.1) is 0 Å². The molecule has 0 saturated carbocycles. The van der Waals surface area contributed by atoms with E-state index in [1.54, 1.807) is 6.07 Å². The van der Waals surface area contributed by atoms with Crippen molar-refractivity contribution in [2.24, 2.45) is 5.92 Å². The van der Waals surface area contributed by atoms with Gasteiger partial charge in [0.2, 0.25) is 0 Å². The van der Waals surface area contributed by atoms with Gasteiger partial charge in [-0.1, -0.05) is 12.1 Å². The Kier molecular flexibility index (Phi) is 4.34. The van der Waals surface area contributed by atoms with Crippen LogP contribution in [0.2, 0.25) is 0 Å². The van der Waals surface area contributed by atoms with Crippen LogP contribution in [0.1, 0.15) is 18.1 Å². The van der Waals surface area contributed by atoms with E-state index in [0.29, 0.717) is 18.7 Å². The molecule has 0 aliphatic rings. The van der Waals surface area contributed by atoms with Crippen LogP contribution in [0.4, 0.5) is 0 Å². The Bertz CT molecular complexity index is 398. The van der Waals surface area contributed by atoms with E-state index < -0.39 is 0 Å². The van der Waals surface area contributed by atoms with Gasteiger partial charge in [-0.2, -0.15) is 10.5 Å². The molecular formula is C12H13N3. The molecule has 0 aromatic heterocycles. The van der Waals surface area contributed by atoms with Gasteiger partial charge < -0.3 is 5.32 Å². The molecule has 0 spiro atoms. The SMILES string of the molecule is CC(C#N)CNCc1cccc(C#N)c1. The van der Waals surface area contributed by atoms with Gasteiger partial charge in [0.05, 0.1) is 23.6 Å². The Morgan fingerprint density at radius 3 is 2.87 bits per heavy atom. The summed E-state index contributed by atoms with van der Waals surface area (Å²) in [5.41, 5.74) is 1.74. The van der Waals surface area contributed by atoms with Crippen molar-refractivity contribution in [3.8, 4) is 12.1 Å². The Morgan fingerprint density at radius 1 is 1.40 bits per heavy atom. The maximum absolute atomic E-state index is 8.70. The molecule has 1 atom stereocenters. The number of benzene rings is 1. The minimum atomic E-state index is 0.0177. The quantitative estimate of drug-likeness (QED) is 0.804. The Hall–Kier alpha value is -1.84. The molecule has 0 saturated heterocycles. The van der Waals surface area contributed by atoms with Crippen molar-refractivity contribution in [3.63, 3.8) is 0 Å². The second-order valence-electron chi connectivity index (χ2n) is 3.47. The number of nitrogens with one attached hydrogen (secondary N) is 1. The lowest BCUT2D eigenvalue weighted by molar-refractivity contribution is 0.601. The number of nitrogens with zero attached hydrogens (tertiary/aromatic N) is 2. The van der Waals surface area contributed by atoms with E-state index in [4.69, 9.17) is 10.5 Å². The first-order valence-electron chi connectivity index (χ1n) is 4.85. The molecule has 1 aromatic carbocycles. The van der Waals surface area contributed by atoms with Gasteiger partial charge in [-0.3, -0.25) is 0 Å². The number of hydrogen-bond donors (Lipinski definition) is 1. The first-order chi connectivity index (χ1) is 7.26. The van der Waals surface area contributed by atoms with Crippen LogP contribution in [-0.4, -0.2) is 6.54 Å². The maximum atomic E-state index is 8.70. The summed E-state index contributed by atoms with van der Waals surface area (Å²) in [5.74, 6) is 0.0177. The second kappa shape index (κ2) is 5.80. The van der Waals surface area contributed by atoms with E-state index in [1.165, 1.54) is 0 Å². The molecule has 1 unspecified atom stereocenters. The summed E-state index contributed by atoms with van der Waals surface area (Å²) in [6, 6.07) is 11.7. The molecule has 0 fully saturated rings. The van der Waals surface area contributed by atoms with Crippen LogP contribution in [0.15, 0.2) is 24.3 Å². The molecule has 0 radical (unpaired) electrons. The van der Waals surface area contributed by atoms with Crippen LogP contribution in [-0.2, 0) is 6.54 Å². The van der Waals surface area contributed by atoms with Crippen LogP contribution < -0.4 is 5.32 Å². The fourth-order valence-corrected chi connectivity index (χ4v) is 1.23. The smallest absolute Gasteiger partial charge is 0.0991 e. The number of hydrogen-bond acceptors (Lipinski definition) is 3. The van der Waals surface area contributed by atoms with E-state index in [1.807, 2.05) is 25.1 Å². The fraction of sp³-hybridized carbons (Fsp3) is 0.333. The third-order valence-corrected chi connectivity index (χ3v) is 2.06. The van der Waals surface area contributed by atoms with Gasteiger partial charge in [-0.05, 0) is 24.6 Å². The first kappa shape index (κ1) is 11.2. The van der Waals surface area contributed by atoms with E-state index in [2.05, 4.69) is 17.5 Å². The Labute approximate surface area is 90.0 Å². The van der Waals surface area contributed by atoms with Crippen molar-refractivity contribution in [1.29, 1.82) is 10.5 Å². The van der Waals surface area contributed by atoms with Crippen LogP contribution in [0.5, 0.6) is 0 Å². The summed E-state index contributed by atoms with van der Waals surface area (Å²) in [4.78, 5) is 0. The molecule has 15 heavy (non-hydrogen) atoms. The molecular weight excluding hydrogens is 186 g/mol. The average Bonchev–Trinajstić information content (AvgIpc) is 2.29. The van der Waals surface area contributed by atoms with Crippen molar-refractivity contribution < 1.29 is 0 Å². The van der Waals surface area contributed by atoms with Crippen LogP contribution >= 0.6 is 0 Å². The summed E-state index contributed by atoms with van der Waals surface area (Å²) in [6.45, 7) is 3.24. The molecule has 0 aliphatic heterocycles. The van der Waals surface area contributed by atoms with Gasteiger partial charge in [0.1, 0.15) is 0 Å². The Morgan fingerprint density at radius 2 is 2.20 bits per heavy atom. The van der Waals surface area contributed by atoms with Crippen molar-refractivity contribution in [3.05, 3.63) is 35.4 Å². The van der Waals surface area contributed by atoms with E-state index in [0.717, 1.165) is 5.56 Å². The van der Waals surface area contributed by atoms with Gasteiger partial charge in [0.15, 0.2) is 0 Å². The monoisotopic (exact) mass is 199 g/mol. The van der Waals surface area contributed by atoms with Crippen molar-refractivity contribution >= 4 is 0 Å². The van der Waals surface area contributed by atoms with E-state index >= 15 is 0 Å². The van der Waals surface area contributed by atoms with Gasteiger partial charge in [0.25, 0.3) is 0 Å². The van der Waals surface area contributed by atoms with Gasteiger partial charge in [-0.25, -0.2) is 0 Å². The minimum absolute atomic E-state index is 0.0177. The van der Waals surface area contributed by atoms with Crippen LogP contribution in [0, 0.1) is 28.6 Å². The summed E-state index contributed by atoms with van der Waals surface area (Å²) in [7, 11) is 0. The van der Waals surface area contributed by atoms with E-state index in [-0.39, 0.29) is 5.92 Å². The normalized spacial score (nSPS) is 11.4. The molecule has 3 heteroatoms. The van der Waals surface area contributed by atoms with Gasteiger partial charge >= 0.3 is 0 Å². The van der Waals surface area contributed by atoms with Crippen molar-refractivity contribution in [1.82, 2.24) is 5.32 Å². The summed E-state index contributed by atoms with van der Waals surface area (Å²) in [6.07, 6.45) is 0. The zero-order chi connectivity index (χ0) is 11.1. The minimum Gasteiger partial charge on any atom is -0.311 e. The summed E-state index contributed by atoms with van der Waals surface area (Å²) < 4.78 is 0. The zero-order valence-corrected chi connectivity index (χ0v) is 8.70. The third-order valence-electron chi connectivity index (χ3n) is 2.06. The predicted octanol–water partition coefficient (Wildman–Crippen LogP) is 1.81. The molecule has 0 amide bonds. The topological polar surface area (TPSA) is 59.6 Å². The molecule has 1 aromatic rings. The maximum Gasteiger partial charge on any atom is 0.0991 e. The van der Waals surface area contributed by atoms with E-state index in [9.17, 15) is 0 Å². The predicted molar refractivity (Wildman–Crippen MR) is 57.6 cm³/mol. The number of rotatable bonds is 4. The first-order valence-corrected chi connectivity index (χ1v) is 4.85. The fourth-order valence-electron chi connectivity index (χ4n) is 1.23. The van der Waals surface area contributed by atoms with Crippen molar-refractivity contribution in [2.45, 2.75) is 13.5 Å². The number of nitriles is 2. The zero-order valence-electron chi connectivity index (χ0n) is 8.70. The van der Waals surface area contributed by atoms with Crippen LogP contribution in [0.3, 0.4) is 0 Å². The highest BCUT2D eigenvalue weighted by molar-refractivity contribution is 5.32. The molecule has 1 N–H and O–H groups in total. The Balaban J connectivity index is 2.45. The summed E-state index contributed by atoms with van der Waals surface area (Å²) >= 11 is 0. The largest absolute Gasteiger partial charge is 0.311 e.